The normalized spacial score (nSPS) is 42.1. The Balaban J connectivity index is 1.51. The van der Waals surface area contributed by atoms with Crippen LogP contribution in [0.1, 0.15) is 87.5 Å². The van der Waals surface area contributed by atoms with E-state index in [4.69, 9.17) is 28.4 Å². The van der Waals surface area contributed by atoms with Crippen LogP contribution in [0.3, 0.4) is 0 Å². The summed E-state index contributed by atoms with van der Waals surface area (Å²) in [6.07, 6.45) is 6.94. The minimum absolute atomic E-state index is 0.0305. The van der Waals surface area contributed by atoms with Crippen LogP contribution in [0.5, 0.6) is 0 Å². The van der Waals surface area contributed by atoms with E-state index in [0.717, 1.165) is 12.0 Å². The van der Waals surface area contributed by atoms with Crippen molar-refractivity contribution in [3.63, 3.8) is 0 Å². The third kappa shape index (κ3) is 7.65. The molecule has 0 aromatic rings. The number of hydrogen-bond donors (Lipinski definition) is 2. The summed E-state index contributed by atoms with van der Waals surface area (Å²) in [6, 6.07) is 0. The largest absolute Gasteiger partial charge is 0.462 e. The second kappa shape index (κ2) is 15.1. The minimum atomic E-state index is -1.68. The molecular formula is C39H58O10. The summed E-state index contributed by atoms with van der Waals surface area (Å²) in [7, 11) is 1.57. The van der Waals surface area contributed by atoms with Gasteiger partial charge in [-0.2, -0.15) is 0 Å². The van der Waals surface area contributed by atoms with Gasteiger partial charge in [0, 0.05) is 25.9 Å². The molecule has 13 unspecified atom stereocenters. The molecule has 0 amide bonds. The number of hydrogen-bond acceptors (Lipinski definition) is 10. The Morgan fingerprint density at radius 2 is 1.86 bits per heavy atom. The number of carbonyl (C=O) groups excluding carboxylic acids is 2. The molecule has 0 radical (unpaired) electrons. The molecule has 49 heavy (non-hydrogen) atoms. The van der Waals surface area contributed by atoms with Gasteiger partial charge >= 0.3 is 11.9 Å². The van der Waals surface area contributed by atoms with Crippen LogP contribution in [0.4, 0.5) is 0 Å². The van der Waals surface area contributed by atoms with Crippen molar-refractivity contribution in [2.45, 2.75) is 142 Å². The third-order valence-electron chi connectivity index (χ3n) is 11.2. The first-order valence-corrected chi connectivity index (χ1v) is 18.1. The topological polar surface area (TPSA) is 130 Å². The lowest BCUT2D eigenvalue weighted by molar-refractivity contribution is -0.383. The van der Waals surface area contributed by atoms with Crippen molar-refractivity contribution in [3.05, 3.63) is 47.1 Å². The maximum absolute atomic E-state index is 14.3. The van der Waals surface area contributed by atoms with Gasteiger partial charge in [-0.15, -0.1) is 0 Å². The van der Waals surface area contributed by atoms with Crippen LogP contribution in [0.25, 0.3) is 0 Å². The van der Waals surface area contributed by atoms with Gasteiger partial charge in [0.15, 0.2) is 0 Å². The number of ether oxygens (including phenoxy) is 6. The van der Waals surface area contributed by atoms with Crippen LogP contribution in [-0.4, -0.2) is 90.0 Å². The predicted molar refractivity (Wildman–Crippen MR) is 183 cm³/mol. The number of aliphatic hydroxyl groups excluding tert-OH is 1. The van der Waals surface area contributed by atoms with E-state index in [1.54, 1.807) is 13.2 Å². The summed E-state index contributed by atoms with van der Waals surface area (Å²) in [4.78, 5) is 27.5. The Bertz CT molecular complexity index is 1350. The number of aliphatic hydroxyl groups is 2. The maximum Gasteiger partial charge on any atom is 0.316 e. The number of methoxy groups -OCH3 is 1. The lowest BCUT2D eigenvalue weighted by atomic mass is 9.70. The fourth-order valence-electron chi connectivity index (χ4n) is 8.45. The highest BCUT2D eigenvalue weighted by molar-refractivity contribution is 5.78. The van der Waals surface area contributed by atoms with Crippen molar-refractivity contribution in [1.29, 1.82) is 0 Å². The quantitative estimate of drug-likeness (QED) is 0.288. The van der Waals surface area contributed by atoms with Crippen molar-refractivity contribution in [1.82, 2.24) is 0 Å². The Morgan fingerprint density at radius 1 is 1.12 bits per heavy atom. The Labute approximate surface area is 291 Å². The van der Waals surface area contributed by atoms with E-state index in [9.17, 15) is 19.8 Å². The number of fused-ring (bicyclic) bond motifs is 2. The molecule has 0 aromatic heterocycles. The molecule has 5 aliphatic rings. The van der Waals surface area contributed by atoms with Crippen LogP contribution in [0.2, 0.25) is 0 Å². The summed E-state index contributed by atoms with van der Waals surface area (Å²) >= 11 is 0. The van der Waals surface area contributed by atoms with Crippen LogP contribution in [-0.2, 0) is 38.0 Å². The van der Waals surface area contributed by atoms with E-state index >= 15 is 0 Å². The average molecular weight is 687 g/mol. The highest BCUT2D eigenvalue weighted by Gasteiger charge is 2.62. The molecule has 1 spiro atoms. The first kappa shape index (κ1) is 37.9. The van der Waals surface area contributed by atoms with E-state index in [1.165, 1.54) is 5.57 Å². The molecule has 2 N–H and O–H groups in total. The third-order valence-corrected chi connectivity index (χ3v) is 11.2. The van der Waals surface area contributed by atoms with Gasteiger partial charge in [0.2, 0.25) is 5.79 Å². The minimum Gasteiger partial charge on any atom is -0.462 e. The molecule has 3 saturated heterocycles. The summed E-state index contributed by atoms with van der Waals surface area (Å²) < 4.78 is 37.4. The van der Waals surface area contributed by atoms with Gasteiger partial charge in [0.05, 0.1) is 24.7 Å². The predicted octanol–water partition coefficient (Wildman–Crippen LogP) is 5.36. The SMILES string of the molecule is COC1C(C)=CC2C(=O)OC3CC(CC=C(C)CC(C)C=CC=C4COC1C42O)OC1(C3)OC(C)C(C)C(OC(=O)C(C)CC(C)C)C1O. The Kier molecular flexibility index (Phi) is 11.7. The first-order valence-electron chi connectivity index (χ1n) is 18.1. The molecule has 274 valence electrons. The van der Waals surface area contributed by atoms with Crippen LogP contribution in [0, 0.1) is 29.6 Å². The van der Waals surface area contributed by atoms with Gasteiger partial charge in [0.25, 0.3) is 0 Å². The van der Waals surface area contributed by atoms with Crippen molar-refractivity contribution in [2.75, 3.05) is 13.7 Å². The zero-order valence-corrected chi connectivity index (χ0v) is 30.7. The van der Waals surface area contributed by atoms with Gasteiger partial charge in [-0.25, -0.2) is 0 Å². The second-order valence-corrected chi connectivity index (χ2v) is 15.8. The molecule has 3 fully saturated rings. The Hall–Kier alpha value is -2.34. The summed E-state index contributed by atoms with van der Waals surface area (Å²) in [5.74, 6) is -3.74. The number of carbonyl (C=O) groups is 2. The molecule has 0 aromatic carbocycles. The summed E-state index contributed by atoms with van der Waals surface area (Å²) in [5, 5.41) is 24.4. The van der Waals surface area contributed by atoms with Crippen LogP contribution in [0.15, 0.2) is 47.1 Å². The average Bonchev–Trinajstić information content (AvgIpc) is 3.36. The molecule has 4 aliphatic heterocycles. The van der Waals surface area contributed by atoms with E-state index < -0.39 is 66.0 Å². The number of esters is 2. The van der Waals surface area contributed by atoms with Crippen molar-refractivity contribution in [3.8, 4) is 0 Å². The molecule has 4 heterocycles. The van der Waals surface area contributed by atoms with Crippen molar-refractivity contribution < 1.29 is 48.2 Å². The van der Waals surface area contributed by atoms with Crippen molar-refractivity contribution in [2.24, 2.45) is 29.6 Å². The molecule has 0 saturated carbocycles. The van der Waals surface area contributed by atoms with E-state index in [0.29, 0.717) is 30.8 Å². The second-order valence-electron chi connectivity index (χ2n) is 15.8. The Morgan fingerprint density at radius 3 is 2.55 bits per heavy atom. The zero-order valence-electron chi connectivity index (χ0n) is 30.7. The van der Waals surface area contributed by atoms with E-state index in [-0.39, 0.29) is 36.8 Å². The number of rotatable bonds is 5. The fourth-order valence-corrected chi connectivity index (χ4v) is 8.45. The van der Waals surface area contributed by atoms with Gasteiger partial charge in [-0.3, -0.25) is 9.59 Å². The standard InChI is InChI=1S/C39H58O10/c1-21(2)15-25(6)36(41)47-33-26(7)27(8)48-38(34(33)40)19-30-18-29(49-38)14-13-23(4)16-22(3)11-10-12-28-20-45-35-32(44-9)24(5)17-31(37(42)46-30)39(28,35)43/h10-13,17,21-22,25-27,29-35,40,43H,14-16,18-20H2,1-9H3. The lowest BCUT2D eigenvalue weighted by Gasteiger charge is -2.53. The monoisotopic (exact) mass is 686 g/mol. The summed E-state index contributed by atoms with van der Waals surface area (Å²) in [5.41, 5.74) is 0.840. The molecule has 10 heteroatoms. The molecule has 2 bridgehead atoms. The molecule has 5 rings (SSSR count). The van der Waals surface area contributed by atoms with Crippen LogP contribution < -0.4 is 0 Å². The summed E-state index contributed by atoms with van der Waals surface area (Å²) in [6.45, 7) is 16.0. The van der Waals surface area contributed by atoms with Gasteiger partial charge in [-0.05, 0) is 63.0 Å². The van der Waals surface area contributed by atoms with Gasteiger partial charge in [0.1, 0.15) is 42.0 Å². The van der Waals surface area contributed by atoms with Crippen LogP contribution >= 0.6 is 0 Å². The maximum atomic E-state index is 14.3. The number of allylic oxidation sites excluding steroid dienone is 4. The zero-order chi connectivity index (χ0) is 35.8. The lowest BCUT2D eigenvalue weighted by Crippen LogP contribution is -2.67. The molecule has 13 atom stereocenters. The molecule has 10 nitrogen and oxygen atoms in total. The highest BCUT2D eigenvalue weighted by atomic mass is 16.7. The smallest absolute Gasteiger partial charge is 0.316 e. The molecular weight excluding hydrogens is 628 g/mol. The van der Waals surface area contributed by atoms with Gasteiger partial charge < -0.3 is 38.6 Å². The van der Waals surface area contributed by atoms with E-state index in [1.807, 2.05) is 39.8 Å². The molecule has 1 aliphatic carbocycles. The fraction of sp³-hybridized carbons (Fsp3) is 0.744. The highest BCUT2D eigenvalue weighted by Crippen LogP contribution is 2.48. The van der Waals surface area contributed by atoms with E-state index in [2.05, 4.69) is 39.8 Å². The van der Waals surface area contributed by atoms with Crippen molar-refractivity contribution >= 4 is 11.9 Å². The van der Waals surface area contributed by atoms with Gasteiger partial charge in [-0.1, -0.05) is 70.6 Å². The first-order chi connectivity index (χ1) is 23.1.